The van der Waals surface area contributed by atoms with E-state index in [1.165, 1.54) is 6.08 Å². The zero-order chi connectivity index (χ0) is 19.2. The molecule has 0 bridgehead atoms. The standard InChI is InChI=1S/C20H29NO5/c1-4-25-17-12-10-16(15-18(17)24-3)11-13-19(22)21-14-8-6-7-9-20(23)26-5-2/h10-13,15H,4-9,14H2,1-3H3,(H,21,22)/b13-11+. The Hall–Kier alpha value is -2.50. The minimum absolute atomic E-state index is 0.150. The molecule has 1 aromatic rings. The van der Waals surface area contributed by atoms with Crippen molar-refractivity contribution in [2.75, 3.05) is 26.9 Å². The van der Waals surface area contributed by atoms with Gasteiger partial charge in [-0.05, 0) is 50.5 Å². The molecule has 0 spiro atoms. The SMILES string of the molecule is CCOC(=O)CCCCCNC(=O)/C=C/c1ccc(OCC)c(OC)c1. The molecule has 1 aromatic carbocycles. The molecule has 0 unspecified atom stereocenters. The number of amides is 1. The number of rotatable bonds is 12. The summed E-state index contributed by atoms with van der Waals surface area (Å²) in [5, 5.41) is 2.83. The normalized spacial score (nSPS) is 10.6. The number of benzene rings is 1. The van der Waals surface area contributed by atoms with Gasteiger partial charge in [0, 0.05) is 19.0 Å². The quantitative estimate of drug-likeness (QED) is 0.350. The van der Waals surface area contributed by atoms with Crippen molar-refractivity contribution in [1.29, 1.82) is 0 Å². The maximum absolute atomic E-state index is 11.8. The molecule has 144 valence electrons. The monoisotopic (exact) mass is 363 g/mol. The van der Waals surface area contributed by atoms with E-state index in [1.54, 1.807) is 20.1 Å². The van der Waals surface area contributed by atoms with E-state index in [0.29, 0.717) is 37.7 Å². The van der Waals surface area contributed by atoms with Crippen LogP contribution in [-0.2, 0) is 14.3 Å². The van der Waals surface area contributed by atoms with E-state index in [0.717, 1.165) is 24.8 Å². The van der Waals surface area contributed by atoms with Gasteiger partial charge in [0.15, 0.2) is 11.5 Å². The average molecular weight is 363 g/mol. The topological polar surface area (TPSA) is 73.9 Å². The number of hydrogen-bond acceptors (Lipinski definition) is 5. The zero-order valence-electron chi connectivity index (χ0n) is 15.9. The molecule has 0 aliphatic carbocycles. The summed E-state index contributed by atoms with van der Waals surface area (Å²) in [6, 6.07) is 5.51. The van der Waals surface area contributed by atoms with E-state index in [9.17, 15) is 9.59 Å². The summed E-state index contributed by atoms with van der Waals surface area (Å²) in [4.78, 5) is 23.0. The summed E-state index contributed by atoms with van der Waals surface area (Å²) in [6.07, 6.45) is 6.13. The van der Waals surface area contributed by atoms with Crippen LogP contribution in [0, 0.1) is 0 Å². The van der Waals surface area contributed by atoms with Crippen molar-refractivity contribution in [3.63, 3.8) is 0 Å². The van der Waals surface area contributed by atoms with Gasteiger partial charge in [0.2, 0.25) is 5.91 Å². The highest BCUT2D eigenvalue weighted by atomic mass is 16.5. The van der Waals surface area contributed by atoms with E-state index < -0.39 is 0 Å². The van der Waals surface area contributed by atoms with Gasteiger partial charge in [-0.1, -0.05) is 12.5 Å². The van der Waals surface area contributed by atoms with Crippen LogP contribution in [-0.4, -0.2) is 38.7 Å². The first-order valence-corrected chi connectivity index (χ1v) is 9.03. The highest BCUT2D eigenvalue weighted by Crippen LogP contribution is 2.28. The number of hydrogen-bond donors (Lipinski definition) is 1. The molecule has 0 atom stereocenters. The summed E-state index contributed by atoms with van der Waals surface area (Å²) >= 11 is 0. The molecule has 0 aliphatic rings. The number of methoxy groups -OCH3 is 1. The van der Waals surface area contributed by atoms with Crippen LogP contribution < -0.4 is 14.8 Å². The van der Waals surface area contributed by atoms with Crippen LogP contribution in [0.3, 0.4) is 0 Å². The first-order chi connectivity index (χ1) is 12.6. The van der Waals surface area contributed by atoms with E-state index in [-0.39, 0.29) is 11.9 Å². The fraction of sp³-hybridized carbons (Fsp3) is 0.500. The molecular weight excluding hydrogens is 334 g/mol. The summed E-state index contributed by atoms with van der Waals surface area (Å²) in [6.45, 7) is 5.27. The Morgan fingerprint density at radius 2 is 1.88 bits per heavy atom. The molecule has 1 amide bonds. The van der Waals surface area contributed by atoms with E-state index >= 15 is 0 Å². The Balaban J connectivity index is 2.31. The average Bonchev–Trinajstić information content (AvgIpc) is 2.64. The summed E-state index contributed by atoms with van der Waals surface area (Å²) in [5.41, 5.74) is 0.856. The summed E-state index contributed by atoms with van der Waals surface area (Å²) < 4.78 is 15.6. The third-order valence-corrected chi connectivity index (χ3v) is 3.58. The lowest BCUT2D eigenvalue weighted by molar-refractivity contribution is -0.143. The smallest absolute Gasteiger partial charge is 0.305 e. The molecule has 6 heteroatoms. The van der Waals surface area contributed by atoms with Crippen molar-refractivity contribution < 1.29 is 23.8 Å². The van der Waals surface area contributed by atoms with Gasteiger partial charge in [0.05, 0.1) is 20.3 Å². The third-order valence-electron chi connectivity index (χ3n) is 3.58. The Morgan fingerprint density at radius 3 is 2.58 bits per heavy atom. The van der Waals surface area contributed by atoms with Gasteiger partial charge >= 0.3 is 5.97 Å². The second-order valence-corrected chi connectivity index (χ2v) is 5.58. The minimum Gasteiger partial charge on any atom is -0.493 e. The van der Waals surface area contributed by atoms with Crippen molar-refractivity contribution in [1.82, 2.24) is 5.32 Å². The minimum atomic E-state index is -0.162. The van der Waals surface area contributed by atoms with Crippen LogP contribution in [0.15, 0.2) is 24.3 Å². The fourth-order valence-corrected chi connectivity index (χ4v) is 2.31. The molecule has 0 aromatic heterocycles. The van der Waals surface area contributed by atoms with E-state index in [2.05, 4.69) is 5.32 Å². The molecule has 0 fully saturated rings. The number of unbranched alkanes of at least 4 members (excludes halogenated alkanes) is 2. The molecule has 1 N–H and O–H groups in total. The van der Waals surface area contributed by atoms with Crippen LogP contribution in [0.25, 0.3) is 6.08 Å². The van der Waals surface area contributed by atoms with Crippen molar-refractivity contribution in [3.05, 3.63) is 29.8 Å². The maximum atomic E-state index is 11.8. The van der Waals surface area contributed by atoms with Gasteiger partial charge in [0.1, 0.15) is 0 Å². The van der Waals surface area contributed by atoms with E-state index in [1.807, 2.05) is 25.1 Å². The van der Waals surface area contributed by atoms with Gasteiger partial charge in [-0.2, -0.15) is 0 Å². The molecule has 6 nitrogen and oxygen atoms in total. The van der Waals surface area contributed by atoms with Crippen molar-refractivity contribution >= 4 is 18.0 Å². The van der Waals surface area contributed by atoms with Crippen LogP contribution in [0.4, 0.5) is 0 Å². The molecule has 0 radical (unpaired) electrons. The predicted molar refractivity (Wildman–Crippen MR) is 101 cm³/mol. The fourth-order valence-electron chi connectivity index (χ4n) is 2.31. The molecule has 0 saturated carbocycles. The number of carbonyl (C=O) groups excluding carboxylic acids is 2. The molecular formula is C20H29NO5. The summed E-state index contributed by atoms with van der Waals surface area (Å²) in [5.74, 6) is 1.00. The van der Waals surface area contributed by atoms with Gasteiger partial charge in [0.25, 0.3) is 0 Å². The van der Waals surface area contributed by atoms with E-state index in [4.69, 9.17) is 14.2 Å². The second kappa shape index (κ2) is 12.8. The molecule has 1 rings (SSSR count). The first-order valence-electron chi connectivity index (χ1n) is 9.03. The van der Waals surface area contributed by atoms with Crippen LogP contribution in [0.2, 0.25) is 0 Å². The molecule has 0 aliphatic heterocycles. The maximum Gasteiger partial charge on any atom is 0.305 e. The highest BCUT2D eigenvalue weighted by molar-refractivity contribution is 5.91. The summed E-state index contributed by atoms with van der Waals surface area (Å²) in [7, 11) is 1.58. The largest absolute Gasteiger partial charge is 0.493 e. The lowest BCUT2D eigenvalue weighted by Gasteiger charge is -2.09. The van der Waals surface area contributed by atoms with Gasteiger partial charge in [-0.25, -0.2) is 0 Å². The van der Waals surface area contributed by atoms with Crippen molar-refractivity contribution in [3.8, 4) is 11.5 Å². The number of esters is 1. The Labute approximate surface area is 155 Å². The predicted octanol–water partition coefficient (Wildman–Crippen LogP) is 3.35. The Bertz CT molecular complexity index is 598. The zero-order valence-corrected chi connectivity index (χ0v) is 15.9. The highest BCUT2D eigenvalue weighted by Gasteiger charge is 2.04. The first kappa shape index (κ1) is 21.5. The lowest BCUT2D eigenvalue weighted by atomic mass is 10.2. The van der Waals surface area contributed by atoms with Gasteiger partial charge in [-0.3, -0.25) is 9.59 Å². The number of nitrogens with one attached hydrogen (secondary N) is 1. The number of ether oxygens (including phenoxy) is 3. The van der Waals surface area contributed by atoms with Crippen molar-refractivity contribution in [2.24, 2.45) is 0 Å². The Morgan fingerprint density at radius 1 is 1.08 bits per heavy atom. The van der Waals surface area contributed by atoms with Crippen LogP contribution in [0.1, 0.15) is 45.1 Å². The third kappa shape index (κ3) is 8.55. The van der Waals surface area contributed by atoms with Crippen LogP contribution >= 0.6 is 0 Å². The van der Waals surface area contributed by atoms with Crippen LogP contribution in [0.5, 0.6) is 11.5 Å². The molecule has 0 heterocycles. The molecule has 26 heavy (non-hydrogen) atoms. The number of carbonyl (C=O) groups is 2. The van der Waals surface area contributed by atoms with Crippen molar-refractivity contribution in [2.45, 2.75) is 39.5 Å². The molecule has 0 saturated heterocycles. The lowest BCUT2D eigenvalue weighted by Crippen LogP contribution is -2.22. The second-order valence-electron chi connectivity index (χ2n) is 5.58. The van der Waals surface area contributed by atoms with Gasteiger partial charge in [-0.15, -0.1) is 0 Å². The Kier molecular flexibility index (Phi) is 10.6. The van der Waals surface area contributed by atoms with Gasteiger partial charge < -0.3 is 19.5 Å².